The smallest absolute Gasteiger partial charge is 0.359 e. The molecule has 16 heavy (non-hydrogen) atoms. The summed E-state index contributed by atoms with van der Waals surface area (Å²) in [4.78, 5) is 20.2. The highest BCUT2D eigenvalue weighted by atomic mass is 35.5. The summed E-state index contributed by atoms with van der Waals surface area (Å²) in [5.41, 5.74) is -0.0416. The first-order valence-electron chi connectivity index (χ1n) is 4.20. The zero-order chi connectivity index (χ0) is 11.5. The number of methoxy groups -OCH3 is 1. The van der Waals surface area contributed by atoms with E-state index in [1.54, 1.807) is 0 Å². The summed E-state index contributed by atoms with van der Waals surface area (Å²) >= 11 is 5.78. The molecule has 0 saturated carbocycles. The number of ether oxygens (including phenoxy) is 1. The standard InChI is InChI=1S/C8H6ClN5O2/c1-16-8(15)6-7(9)13-5(4-10-6)14-11-2-3-12-14/h2-4H,1H3. The van der Waals surface area contributed by atoms with Gasteiger partial charge >= 0.3 is 5.97 Å². The maximum atomic E-state index is 11.2. The Kier molecular flexibility index (Phi) is 2.78. The molecule has 0 fully saturated rings. The van der Waals surface area contributed by atoms with E-state index in [4.69, 9.17) is 11.6 Å². The molecule has 2 aromatic heterocycles. The van der Waals surface area contributed by atoms with Crippen molar-refractivity contribution in [1.82, 2.24) is 25.0 Å². The van der Waals surface area contributed by atoms with E-state index in [2.05, 4.69) is 24.9 Å². The maximum absolute atomic E-state index is 11.2. The third-order valence-electron chi connectivity index (χ3n) is 1.72. The Bertz CT molecular complexity index is 513. The SMILES string of the molecule is COC(=O)c1ncc(-n2nccn2)nc1Cl. The first-order valence-corrected chi connectivity index (χ1v) is 4.57. The van der Waals surface area contributed by atoms with Gasteiger partial charge in [-0.05, 0) is 0 Å². The Balaban J connectivity index is 2.41. The van der Waals surface area contributed by atoms with Crippen molar-refractivity contribution in [3.63, 3.8) is 0 Å². The van der Waals surface area contributed by atoms with Crippen molar-refractivity contribution in [2.75, 3.05) is 7.11 Å². The number of carbonyl (C=O) groups excluding carboxylic acids is 1. The largest absolute Gasteiger partial charge is 0.464 e. The summed E-state index contributed by atoms with van der Waals surface area (Å²) in [5, 5.41) is 7.65. The predicted molar refractivity (Wildman–Crippen MR) is 53.3 cm³/mol. The van der Waals surface area contributed by atoms with Gasteiger partial charge < -0.3 is 4.74 Å². The van der Waals surface area contributed by atoms with Gasteiger partial charge in [0.2, 0.25) is 0 Å². The zero-order valence-corrected chi connectivity index (χ0v) is 8.92. The van der Waals surface area contributed by atoms with Crippen molar-refractivity contribution in [3.8, 4) is 5.82 Å². The number of rotatable bonds is 2. The van der Waals surface area contributed by atoms with Gasteiger partial charge in [0.05, 0.1) is 25.7 Å². The molecule has 0 N–H and O–H groups in total. The van der Waals surface area contributed by atoms with Crippen LogP contribution in [0.1, 0.15) is 10.5 Å². The van der Waals surface area contributed by atoms with Gasteiger partial charge in [0.15, 0.2) is 16.7 Å². The van der Waals surface area contributed by atoms with E-state index in [-0.39, 0.29) is 10.8 Å². The van der Waals surface area contributed by atoms with E-state index in [1.807, 2.05) is 0 Å². The summed E-state index contributed by atoms with van der Waals surface area (Å²) in [6, 6.07) is 0. The molecular weight excluding hydrogens is 234 g/mol. The maximum Gasteiger partial charge on any atom is 0.359 e. The number of esters is 1. The second-order valence-electron chi connectivity index (χ2n) is 2.68. The zero-order valence-electron chi connectivity index (χ0n) is 8.16. The third kappa shape index (κ3) is 1.84. The van der Waals surface area contributed by atoms with Gasteiger partial charge in [-0.15, -0.1) is 4.80 Å². The molecular formula is C8H6ClN5O2. The lowest BCUT2D eigenvalue weighted by atomic mass is 10.4. The lowest BCUT2D eigenvalue weighted by Gasteiger charge is -2.02. The molecule has 2 aromatic rings. The highest BCUT2D eigenvalue weighted by Gasteiger charge is 2.15. The Morgan fingerprint density at radius 2 is 2.12 bits per heavy atom. The molecule has 2 heterocycles. The fourth-order valence-corrected chi connectivity index (χ4v) is 1.23. The van der Waals surface area contributed by atoms with Crippen LogP contribution in [0.15, 0.2) is 18.6 Å². The Morgan fingerprint density at radius 3 is 2.69 bits per heavy atom. The van der Waals surface area contributed by atoms with Crippen LogP contribution < -0.4 is 0 Å². The van der Waals surface area contributed by atoms with Crippen molar-refractivity contribution < 1.29 is 9.53 Å². The fourth-order valence-electron chi connectivity index (χ4n) is 1.02. The second-order valence-corrected chi connectivity index (χ2v) is 3.04. The number of aromatic nitrogens is 5. The molecule has 0 aliphatic rings. The van der Waals surface area contributed by atoms with E-state index >= 15 is 0 Å². The van der Waals surface area contributed by atoms with Gasteiger partial charge in [-0.1, -0.05) is 11.6 Å². The Labute approximate surface area is 95.0 Å². The average Bonchev–Trinajstić information content (AvgIpc) is 2.81. The quantitative estimate of drug-likeness (QED) is 0.710. The van der Waals surface area contributed by atoms with E-state index in [1.165, 1.54) is 30.5 Å². The molecule has 0 bridgehead atoms. The van der Waals surface area contributed by atoms with Gasteiger partial charge in [0.1, 0.15) is 0 Å². The molecule has 0 amide bonds. The van der Waals surface area contributed by atoms with Gasteiger partial charge in [0, 0.05) is 0 Å². The molecule has 0 spiro atoms. The number of hydrogen-bond donors (Lipinski definition) is 0. The van der Waals surface area contributed by atoms with Crippen molar-refractivity contribution >= 4 is 17.6 Å². The van der Waals surface area contributed by atoms with Crippen LogP contribution >= 0.6 is 11.6 Å². The minimum absolute atomic E-state index is 0.0416. The van der Waals surface area contributed by atoms with Crippen molar-refractivity contribution in [2.24, 2.45) is 0 Å². The molecule has 0 unspecified atom stereocenters. The lowest BCUT2D eigenvalue weighted by molar-refractivity contribution is 0.0593. The number of carbonyl (C=O) groups is 1. The molecule has 82 valence electrons. The lowest BCUT2D eigenvalue weighted by Crippen LogP contribution is -2.09. The monoisotopic (exact) mass is 239 g/mol. The summed E-state index contributed by atoms with van der Waals surface area (Å²) in [6.07, 6.45) is 4.31. The summed E-state index contributed by atoms with van der Waals surface area (Å²) < 4.78 is 4.48. The summed E-state index contributed by atoms with van der Waals surface area (Å²) in [7, 11) is 1.24. The van der Waals surface area contributed by atoms with Crippen molar-refractivity contribution in [3.05, 3.63) is 29.4 Å². The molecule has 0 aromatic carbocycles. The topological polar surface area (TPSA) is 82.8 Å². The van der Waals surface area contributed by atoms with Crippen LogP contribution in [-0.4, -0.2) is 38.0 Å². The number of halogens is 1. The van der Waals surface area contributed by atoms with E-state index in [9.17, 15) is 4.79 Å². The van der Waals surface area contributed by atoms with E-state index in [0.29, 0.717) is 5.82 Å². The third-order valence-corrected chi connectivity index (χ3v) is 1.98. The molecule has 0 saturated heterocycles. The molecule has 7 nitrogen and oxygen atoms in total. The van der Waals surface area contributed by atoms with Gasteiger partial charge in [-0.25, -0.2) is 14.8 Å². The van der Waals surface area contributed by atoms with Gasteiger partial charge in [0.25, 0.3) is 0 Å². The Morgan fingerprint density at radius 1 is 1.44 bits per heavy atom. The van der Waals surface area contributed by atoms with Crippen LogP contribution in [-0.2, 0) is 4.74 Å². The Hall–Kier alpha value is -2.02. The fraction of sp³-hybridized carbons (Fsp3) is 0.125. The number of nitrogens with zero attached hydrogens (tertiary/aromatic N) is 5. The van der Waals surface area contributed by atoms with Crippen LogP contribution in [0.2, 0.25) is 5.15 Å². The number of hydrogen-bond acceptors (Lipinski definition) is 6. The highest BCUT2D eigenvalue weighted by molar-refractivity contribution is 6.32. The highest BCUT2D eigenvalue weighted by Crippen LogP contribution is 2.12. The minimum atomic E-state index is -0.641. The molecule has 0 radical (unpaired) electrons. The van der Waals surface area contributed by atoms with Crippen LogP contribution in [0.3, 0.4) is 0 Å². The molecule has 2 rings (SSSR count). The van der Waals surface area contributed by atoms with Crippen LogP contribution in [0, 0.1) is 0 Å². The van der Waals surface area contributed by atoms with Crippen LogP contribution in [0.4, 0.5) is 0 Å². The van der Waals surface area contributed by atoms with Crippen molar-refractivity contribution in [1.29, 1.82) is 0 Å². The summed E-state index contributed by atoms with van der Waals surface area (Å²) in [5.74, 6) is -0.319. The molecule has 0 aliphatic carbocycles. The van der Waals surface area contributed by atoms with Gasteiger partial charge in [-0.2, -0.15) is 10.2 Å². The van der Waals surface area contributed by atoms with Crippen LogP contribution in [0.5, 0.6) is 0 Å². The molecule has 0 atom stereocenters. The summed E-state index contributed by atoms with van der Waals surface area (Å²) in [6.45, 7) is 0. The van der Waals surface area contributed by atoms with Crippen LogP contribution in [0.25, 0.3) is 5.82 Å². The second kappa shape index (κ2) is 4.23. The minimum Gasteiger partial charge on any atom is -0.464 e. The first kappa shape index (κ1) is 10.5. The molecule has 0 aliphatic heterocycles. The van der Waals surface area contributed by atoms with E-state index < -0.39 is 5.97 Å². The van der Waals surface area contributed by atoms with E-state index in [0.717, 1.165) is 0 Å². The van der Waals surface area contributed by atoms with Gasteiger partial charge in [-0.3, -0.25) is 0 Å². The molecule has 8 heteroatoms. The average molecular weight is 240 g/mol. The predicted octanol–water partition coefficient (Wildman–Crippen LogP) is 0.497. The first-order chi connectivity index (χ1) is 7.72. The normalized spacial score (nSPS) is 10.1. The van der Waals surface area contributed by atoms with Crippen molar-refractivity contribution in [2.45, 2.75) is 0 Å².